The van der Waals surface area contributed by atoms with E-state index in [-0.39, 0.29) is 6.42 Å². The van der Waals surface area contributed by atoms with Crippen LogP contribution in [0.15, 0.2) is 70.4 Å². The first kappa shape index (κ1) is 24.2. The molecule has 3 heterocycles. The van der Waals surface area contributed by atoms with Gasteiger partial charge in [0.25, 0.3) is 0 Å². The van der Waals surface area contributed by atoms with Crippen molar-refractivity contribution in [2.75, 3.05) is 10.6 Å². The van der Waals surface area contributed by atoms with Crippen molar-refractivity contribution >= 4 is 28.9 Å². The van der Waals surface area contributed by atoms with Gasteiger partial charge in [-0.3, -0.25) is 9.36 Å². The molecule has 0 aliphatic carbocycles. The Hall–Kier alpha value is -3.98. The number of rotatable bonds is 10. The highest BCUT2D eigenvalue weighted by atomic mass is 32.1. The number of benzene rings is 1. The zero-order valence-electron chi connectivity index (χ0n) is 19.6. The second-order valence-corrected chi connectivity index (χ2v) is 9.07. The Morgan fingerprint density at radius 1 is 1.06 bits per heavy atom. The zero-order chi connectivity index (χ0) is 24.8. The van der Waals surface area contributed by atoms with Crippen molar-refractivity contribution in [2.45, 2.75) is 39.4 Å². The third kappa shape index (κ3) is 6.13. The monoisotopic (exact) mass is 489 g/mol. The molecule has 0 aliphatic heterocycles. The van der Waals surface area contributed by atoms with E-state index in [2.05, 4.69) is 31.4 Å². The number of nitrogens with zero attached hydrogens (tertiary/aromatic N) is 3. The fourth-order valence-corrected chi connectivity index (χ4v) is 4.66. The molecule has 0 radical (unpaired) electrons. The maximum atomic E-state index is 12.9. The van der Waals surface area contributed by atoms with E-state index in [4.69, 9.17) is 0 Å². The molecule has 3 N–H and O–H groups in total. The van der Waals surface area contributed by atoms with Crippen LogP contribution in [0.5, 0.6) is 0 Å². The molecule has 1 aromatic carbocycles. The molecule has 0 saturated heterocycles. The van der Waals surface area contributed by atoms with Crippen molar-refractivity contribution < 1.29 is 9.90 Å². The van der Waals surface area contributed by atoms with Crippen LogP contribution < -0.4 is 16.3 Å². The van der Waals surface area contributed by atoms with Crippen LogP contribution in [0, 0.1) is 13.8 Å². The van der Waals surface area contributed by atoms with Gasteiger partial charge < -0.3 is 15.7 Å². The number of hydrogen-bond acceptors (Lipinski definition) is 7. The van der Waals surface area contributed by atoms with E-state index in [9.17, 15) is 14.7 Å². The fourth-order valence-electron chi connectivity index (χ4n) is 3.79. The highest BCUT2D eigenvalue weighted by Crippen LogP contribution is 2.23. The summed E-state index contributed by atoms with van der Waals surface area (Å²) < 4.78 is 1.41. The number of aliphatic carboxylic acids is 1. The van der Waals surface area contributed by atoms with E-state index < -0.39 is 17.7 Å². The quantitative estimate of drug-likeness (QED) is 0.299. The van der Waals surface area contributed by atoms with Crippen molar-refractivity contribution in [3.63, 3.8) is 0 Å². The van der Waals surface area contributed by atoms with Crippen LogP contribution in [0.1, 0.15) is 40.3 Å². The number of carboxylic acid groups (broad SMARTS) is 1. The van der Waals surface area contributed by atoms with Gasteiger partial charge in [0, 0.05) is 31.0 Å². The predicted molar refractivity (Wildman–Crippen MR) is 138 cm³/mol. The number of thiophene rings is 1. The van der Waals surface area contributed by atoms with Gasteiger partial charge in [-0.2, -0.15) is 16.3 Å². The number of aromatic nitrogens is 3. The van der Waals surface area contributed by atoms with Crippen LogP contribution in [-0.2, 0) is 17.9 Å². The molecule has 0 amide bonds. The number of hydrogen-bond donors (Lipinski definition) is 3. The molecule has 1 atom stereocenters. The summed E-state index contributed by atoms with van der Waals surface area (Å²) in [6.45, 7) is 4.97. The minimum absolute atomic E-state index is 0.210. The van der Waals surface area contributed by atoms with Crippen LogP contribution in [0.3, 0.4) is 0 Å². The number of carboxylic acids is 1. The van der Waals surface area contributed by atoms with Gasteiger partial charge in [0.1, 0.15) is 11.6 Å². The minimum atomic E-state index is -0.980. The van der Waals surface area contributed by atoms with E-state index in [0.717, 1.165) is 33.6 Å². The van der Waals surface area contributed by atoms with Crippen molar-refractivity contribution in [1.82, 2.24) is 14.5 Å². The summed E-state index contributed by atoms with van der Waals surface area (Å²) in [5.41, 5.74) is 4.33. The van der Waals surface area contributed by atoms with Gasteiger partial charge in [0.05, 0.1) is 12.5 Å². The number of aryl methyl sites for hydroxylation is 2. The van der Waals surface area contributed by atoms with E-state index in [1.54, 1.807) is 23.7 Å². The van der Waals surface area contributed by atoms with Gasteiger partial charge in [-0.15, -0.1) is 0 Å². The van der Waals surface area contributed by atoms with Crippen LogP contribution in [0.25, 0.3) is 0 Å². The second-order valence-electron chi connectivity index (χ2n) is 8.33. The fraction of sp³-hybridized carbons (Fsp3) is 0.231. The molecule has 0 spiro atoms. The SMILES string of the molecule is Cc1ccc(C(CC(=O)O)n2cc(C)c(NCc3cscc3CNc3ccccn3)nc2=O)cc1. The van der Waals surface area contributed by atoms with Crippen molar-refractivity contribution in [1.29, 1.82) is 0 Å². The number of anilines is 2. The number of carbonyl (C=O) groups is 1. The average Bonchev–Trinajstić information content (AvgIpc) is 3.30. The van der Waals surface area contributed by atoms with Crippen LogP contribution >= 0.6 is 11.3 Å². The first-order valence-corrected chi connectivity index (χ1v) is 12.2. The van der Waals surface area contributed by atoms with Gasteiger partial charge in [-0.1, -0.05) is 35.9 Å². The summed E-state index contributed by atoms with van der Waals surface area (Å²) in [6.07, 6.45) is 3.22. The van der Waals surface area contributed by atoms with Crippen molar-refractivity contribution in [3.05, 3.63) is 104 Å². The smallest absolute Gasteiger partial charge is 0.350 e. The summed E-state index contributed by atoms with van der Waals surface area (Å²) >= 11 is 1.61. The zero-order valence-corrected chi connectivity index (χ0v) is 20.4. The average molecular weight is 490 g/mol. The normalized spacial score (nSPS) is 11.7. The summed E-state index contributed by atoms with van der Waals surface area (Å²) in [6, 6.07) is 12.6. The number of nitrogens with one attached hydrogen (secondary N) is 2. The van der Waals surface area contributed by atoms with Crippen LogP contribution in [-0.4, -0.2) is 25.6 Å². The Balaban J connectivity index is 1.50. The Labute approximate surface area is 207 Å². The molecular weight excluding hydrogens is 462 g/mol. The molecule has 8 nitrogen and oxygen atoms in total. The lowest BCUT2D eigenvalue weighted by molar-refractivity contribution is -0.137. The van der Waals surface area contributed by atoms with Gasteiger partial charge in [0.15, 0.2) is 0 Å². The number of pyridine rings is 1. The third-order valence-electron chi connectivity index (χ3n) is 5.70. The Kier molecular flexibility index (Phi) is 7.57. The molecule has 0 saturated carbocycles. The van der Waals surface area contributed by atoms with E-state index in [1.165, 1.54) is 4.57 Å². The summed E-state index contributed by atoms with van der Waals surface area (Å²) in [4.78, 5) is 33.0. The highest BCUT2D eigenvalue weighted by Gasteiger charge is 2.20. The molecule has 0 bridgehead atoms. The van der Waals surface area contributed by atoms with Crippen molar-refractivity contribution in [2.24, 2.45) is 0 Å². The molecule has 3 aromatic heterocycles. The van der Waals surface area contributed by atoms with E-state index in [1.807, 2.05) is 56.3 Å². The summed E-state index contributed by atoms with van der Waals surface area (Å²) in [5, 5.41) is 20.2. The topological polar surface area (TPSA) is 109 Å². The lowest BCUT2D eigenvalue weighted by atomic mass is 10.0. The molecule has 0 aliphatic rings. The lowest BCUT2D eigenvalue weighted by Crippen LogP contribution is -2.30. The van der Waals surface area contributed by atoms with Gasteiger partial charge in [-0.25, -0.2) is 9.78 Å². The molecule has 9 heteroatoms. The predicted octanol–water partition coefficient (Wildman–Crippen LogP) is 4.60. The summed E-state index contributed by atoms with van der Waals surface area (Å²) in [5.74, 6) is 0.314. The van der Waals surface area contributed by atoms with Crippen molar-refractivity contribution in [3.8, 4) is 0 Å². The highest BCUT2D eigenvalue weighted by molar-refractivity contribution is 7.08. The second kappa shape index (κ2) is 11.0. The lowest BCUT2D eigenvalue weighted by Gasteiger charge is -2.20. The van der Waals surface area contributed by atoms with E-state index >= 15 is 0 Å². The molecular formula is C26H27N5O3S. The largest absolute Gasteiger partial charge is 0.481 e. The van der Waals surface area contributed by atoms with Gasteiger partial charge in [0.2, 0.25) is 0 Å². The molecule has 4 aromatic rings. The molecule has 35 heavy (non-hydrogen) atoms. The Bertz CT molecular complexity index is 1350. The standard InChI is InChI=1S/C26H27N5O3S/c1-17-6-8-19(9-7-17)22(11-24(32)33)31-14-18(2)25(30-26(31)34)29-13-21-16-35-15-20(21)12-28-23-5-3-4-10-27-23/h3-10,14-16,22H,11-13H2,1-2H3,(H,27,28)(H,32,33)(H,29,30,34). The Morgan fingerprint density at radius 2 is 1.77 bits per heavy atom. The van der Waals surface area contributed by atoms with Gasteiger partial charge >= 0.3 is 11.7 Å². The third-order valence-corrected chi connectivity index (χ3v) is 6.55. The van der Waals surface area contributed by atoms with Crippen LogP contribution in [0.2, 0.25) is 0 Å². The minimum Gasteiger partial charge on any atom is -0.481 e. The van der Waals surface area contributed by atoms with Crippen LogP contribution in [0.4, 0.5) is 11.6 Å². The maximum Gasteiger partial charge on any atom is 0.350 e. The molecule has 180 valence electrons. The first-order chi connectivity index (χ1) is 16.9. The molecule has 4 rings (SSSR count). The van der Waals surface area contributed by atoms with Gasteiger partial charge in [-0.05, 0) is 53.4 Å². The van der Waals surface area contributed by atoms with E-state index in [0.29, 0.717) is 18.9 Å². The maximum absolute atomic E-state index is 12.9. The molecule has 0 fully saturated rings. The first-order valence-electron chi connectivity index (χ1n) is 11.2. The Morgan fingerprint density at radius 3 is 2.43 bits per heavy atom. The summed E-state index contributed by atoms with van der Waals surface area (Å²) in [7, 11) is 0. The molecule has 1 unspecified atom stereocenters.